The van der Waals surface area contributed by atoms with Crippen LogP contribution < -0.4 is 0 Å². The first-order valence-electron chi connectivity index (χ1n) is 14.2. The van der Waals surface area contributed by atoms with Crippen molar-refractivity contribution in [2.45, 2.75) is 6.92 Å². The first-order valence-corrected chi connectivity index (χ1v) is 14.2. The van der Waals surface area contributed by atoms with Crippen molar-refractivity contribution in [1.29, 1.82) is 0 Å². The predicted octanol–water partition coefficient (Wildman–Crippen LogP) is 8.33. The summed E-state index contributed by atoms with van der Waals surface area (Å²) in [7, 11) is 0. The molecule has 9 heteroatoms. The number of phenols is 8. The van der Waals surface area contributed by atoms with Gasteiger partial charge >= 0.3 is 0 Å². The molecule has 0 saturated heterocycles. The van der Waals surface area contributed by atoms with Crippen LogP contribution in [0.15, 0.2) is 83.3 Å². The van der Waals surface area contributed by atoms with Gasteiger partial charge in [0.2, 0.25) is 23.0 Å². The Morgan fingerprint density at radius 1 is 0.435 bits per heavy atom. The number of fused-ring (bicyclic) bond motifs is 6. The lowest BCUT2D eigenvalue weighted by Crippen LogP contribution is -1.95. The van der Waals surface area contributed by atoms with Crippen molar-refractivity contribution in [3.05, 3.63) is 84.4 Å². The van der Waals surface area contributed by atoms with Gasteiger partial charge in [0.15, 0.2) is 23.0 Å². The van der Waals surface area contributed by atoms with Crippen LogP contribution in [-0.4, -0.2) is 40.9 Å². The Hall–Kier alpha value is -6.48. The van der Waals surface area contributed by atoms with E-state index < -0.39 is 46.0 Å². The molecule has 0 aliphatic carbocycles. The minimum Gasteiger partial charge on any atom is -0.504 e. The van der Waals surface area contributed by atoms with Crippen molar-refractivity contribution in [1.82, 2.24) is 0 Å². The van der Waals surface area contributed by atoms with Crippen LogP contribution in [-0.2, 0) is 0 Å². The van der Waals surface area contributed by atoms with E-state index in [4.69, 9.17) is 4.42 Å². The van der Waals surface area contributed by atoms with Crippen molar-refractivity contribution >= 4 is 54.3 Å². The molecule has 0 radical (unpaired) electrons. The summed E-state index contributed by atoms with van der Waals surface area (Å²) in [6, 6.07) is 23.4. The third-order valence-corrected chi connectivity index (χ3v) is 8.77. The number of furan rings is 1. The average Bonchev–Trinajstić information content (AvgIpc) is 3.43. The van der Waals surface area contributed by atoms with Crippen molar-refractivity contribution < 1.29 is 45.3 Å². The van der Waals surface area contributed by atoms with Crippen LogP contribution in [0.1, 0.15) is 5.56 Å². The van der Waals surface area contributed by atoms with E-state index in [-0.39, 0.29) is 32.7 Å². The number of rotatable bonds is 2. The number of hydrogen-bond acceptors (Lipinski definition) is 9. The second-order valence-corrected chi connectivity index (χ2v) is 11.4. The van der Waals surface area contributed by atoms with Crippen molar-refractivity contribution in [2.24, 2.45) is 0 Å². The van der Waals surface area contributed by atoms with Crippen LogP contribution in [0.5, 0.6) is 46.0 Å². The second-order valence-electron chi connectivity index (χ2n) is 11.4. The molecule has 0 atom stereocenters. The van der Waals surface area contributed by atoms with Crippen LogP contribution in [0.2, 0.25) is 0 Å². The van der Waals surface area contributed by atoms with Crippen LogP contribution in [0.25, 0.3) is 76.5 Å². The molecule has 1 aromatic heterocycles. The molecule has 0 bridgehead atoms. The van der Waals surface area contributed by atoms with Gasteiger partial charge in [0.25, 0.3) is 0 Å². The first-order chi connectivity index (χ1) is 22.1. The van der Waals surface area contributed by atoms with Gasteiger partial charge in [-0.3, -0.25) is 0 Å². The quantitative estimate of drug-likeness (QED) is 0.0542. The highest BCUT2D eigenvalue weighted by Crippen LogP contribution is 2.62. The molecule has 0 fully saturated rings. The summed E-state index contributed by atoms with van der Waals surface area (Å²) in [6.07, 6.45) is 0. The third-order valence-electron chi connectivity index (χ3n) is 8.77. The lowest BCUT2D eigenvalue weighted by atomic mass is 9.83. The average molecular weight is 613 g/mol. The SMILES string of the molecule is Cc1cc(-c2c3c(O)c(O)c(O)c(O)c3c(-c3ccccc3)c3c(O)c(O)c(O)c(O)c23)cc2c1oc1cc3ccccc3cc12. The minimum absolute atomic E-state index is 0.00131. The molecule has 9 nitrogen and oxygen atoms in total. The summed E-state index contributed by atoms with van der Waals surface area (Å²) in [5.41, 5.74) is 2.50. The molecule has 8 N–H and O–H groups in total. The topological polar surface area (TPSA) is 175 Å². The Labute approximate surface area is 258 Å². The first kappa shape index (κ1) is 27.1. The highest BCUT2D eigenvalue weighted by atomic mass is 16.4. The second kappa shape index (κ2) is 9.26. The Balaban J connectivity index is 1.65. The molecule has 8 aromatic rings. The maximum atomic E-state index is 11.5. The summed E-state index contributed by atoms with van der Waals surface area (Å²) in [5.74, 6) is -7.37. The van der Waals surface area contributed by atoms with Crippen LogP contribution in [0.3, 0.4) is 0 Å². The molecular formula is C37H24O9. The Kier molecular flexibility index (Phi) is 5.46. The van der Waals surface area contributed by atoms with Gasteiger partial charge in [-0.1, -0.05) is 54.6 Å². The van der Waals surface area contributed by atoms with E-state index in [9.17, 15) is 40.9 Å². The normalized spacial score (nSPS) is 11.8. The van der Waals surface area contributed by atoms with E-state index in [0.29, 0.717) is 33.2 Å². The smallest absolute Gasteiger partial charge is 0.204 e. The standard InChI is InChI=1S/C37H24O9/c1-15-11-19(13-21-20-12-17-9-5-6-10-18(17)14-22(20)46-37(15)21)24-27-25(29(38)33(42)35(44)31(27)40)23(16-7-3-2-4-8-16)26-28(24)32(41)36(45)34(43)30(26)39/h2-14,38-45H,1H3. The molecule has 8 rings (SSSR count). The number of hydrogen-bond donors (Lipinski definition) is 8. The van der Waals surface area contributed by atoms with Crippen molar-refractivity contribution in [3.63, 3.8) is 0 Å². The highest BCUT2D eigenvalue weighted by Gasteiger charge is 2.32. The van der Waals surface area contributed by atoms with Gasteiger partial charge in [0.1, 0.15) is 11.2 Å². The number of benzene rings is 7. The summed E-state index contributed by atoms with van der Waals surface area (Å²) >= 11 is 0. The Bertz CT molecular complexity index is 2540. The van der Waals surface area contributed by atoms with Crippen LogP contribution in [0, 0.1) is 6.92 Å². The van der Waals surface area contributed by atoms with Gasteiger partial charge in [-0.25, -0.2) is 0 Å². The molecule has 0 unspecified atom stereocenters. The number of phenolic OH excluding ortho intramolecular Hbond substituents is 8. The summed E-state index contributed by atoms with van der Waals surface area (Å²) < 4.78 is 6.26. The fraction of sp³-hybridized carbons (Fsp3) is 0.0270. The van der Waals surface area contributed by atoms with E-state index in [2.05, 4.69) is 0 Å². The molecule has 226 valence electrons. The fourth-order valence-corrected chi connectivity index (χ4v) is 6.68. The van der Waals surface area contributed by atoms with Crippen LogP contribution in [0.4, 0.5) is 0 Å². The van der Waals surface area contributed by atoms with Crippen LogP contribution >= 0.6 is 0 Å². The minimum atomic E-state index is -1.02. The van der Waals surface area contributed by atoms with Crippen molar-refractivity contribution in [2.75, 3.05) is 0 Å². The maximum absolute atomic E-state index is 11.5. The van der Waals surface area contributed by atoms with E-state index >= 15 is 0 Å². The van der Waals surface area contributed by atoms with Gasteiger partial charge in [-0.2, -0.15) is 0 Å². The predicted molar refractivity (Wildman–Crippen MR) is 175 cm³/mol. The summed E-state index contributed by atoms with van der Waals surface area (Å²) in [5, 5.41) is 91.2. The largest absolute Gasteiger partial charge is 0.504 e. The zero-order valence-corrected chi connectivity index (χ0v) is 24.0. The monoisotopic (exact) mass is 612 g/mol. The molecule has 1 heterocycles. The van der Waals surface area contributed by atoms with Gasteiger partial charge in [-0.05, 0) is 58.7 Å². The van der Waals surface area contributed by atoms with E-state index in [1.807, 2.05) is 36.4 Å². The molecule has 0 spiro atoms. The maximum Gasteiger partial charge on any atom is 0.204 e. The molecule has 0 saturated carbocycles. The summed E-state index contributed by atoms with van der Waals surface area (Å²) in [6.45, 7) is 1.80. The summed E-state index contributed by atoms with van der Waals surface area (Å²) in [4.78, 5) is 0. The third kappa shape index (κ3) is 3.45. The van der Waals surface area contributed by atoms with Gasteiger partial charge in [0, 0.05) is 43.4 Å². The lowest BCUT2D eigenvalue weighted by Gasteiger charge is -2.22. The van der Waals surface area contributed by atoms with Gasteiger partial charge < -0.3 is 45.3 Å². The van der Waals surface area contributed by atoms with Gasteiger partial charge in [-0.15, -0.1) is 0 Å². The Morgan fingerprint density at radius 3 is 1.41 bits per heavy atom. The molecule has 46 heavy (non-hydrogen) atoms. The molecule has 0 aliphatic heterocycles. The Morgan fingerprint density at radius 2 is 0.891 bits per heavy atom. The molecule has 0 aliphatic rings. The van der Waals surface area contributed by atoms with E-state index in [0.717, 1.165) is 16.2 Å². The van der Waals surface area contributed by atoms with Crippen molar-refractivity contribution in [3.8, 4) is 68.2 Å². The molecule has 7 aromatic carbocycles. The zero-order chi connectivity index (χ0) is 32.2. The fourth-order valence-electron chi connectivity index (χ4n) is 6.68. The highest BCUT2D eigenvalue weighted by molar-refractivity contribution is 6.29. The molecule has 0 amide bonds. The van der Waals surface area contributed by atoms with Gasteiger partial charge in [0.05, 0.1) is 0 Å². The van der Waals surface area contributed by atoms with E-state index in [1.54, 1.807) is 49.4 Å². The number of aromatic hydroxyl groups is 8. The number of aryl methyl sites for hydroxylation is 1. The molecular weight excluding hydrogens is 588 g/mol. The van der Waals surface area contributed by atoms with E-state index in [1.165, 1.54) is 0 Å². The zero-order valence-electron chi connectivity index (χ0n) is 24.0. The lowest BCUT2D eigenvalue weighted by molar-refractivity contribution is 0.350.